The van der Waals surface area contributed by atoms with E-state index in [9.17, 15) is 5.11 Å². The minimum Gasteiger partial charge on any atom is -0.497 e. The lowest BCUT2D eigenvalue weighted by molar-refractivity contribution is 0.224. The fourth-order valence-corrected chi connectivity index (χ4v) is 2.37. The maximum atomic E-state index is 9.61. The first-order valence-corrected chi connectivity index (χ1v) is 7.40. The molecule has 0 aliphatic carbocycles. The molecule has 4 nitrogen and oxygen atoms in total. The molecule has 0 aliphatic heterocycles. The van der Waals surface area contributed by atoms with Crippen LogP contribution in [0.4, 0.5) is 0 Å². The number of rotatable bonds is 7. The van der Waals surface area contributed by atoms with E-state index in [-0.39, 0.29) is 12.5 Å². The maximum Gasteiger partial charge on any atom is 0.118 e. The molecule has 1 aromatic carbocycles. The minimum atomic E-state index is 0.167. The van der Waals surface area contributed by atoms with Gasteiger partial charge in [-0.25, -0.2) is 0 Å². The van der Waals surface area contributed by atoms with Crippen molar-refractivity contribution in [3.05, 3.63) is 47.8 Å². The first-order valence-electron chi connectivity index (χ1n) is 7.40. The molecule has 2 rings (SSSR count). The molecule has 0 aliphatic rings. The Labute approximate surface area is 126 Å². The van der Waals surface area contributed by atoms with Crippen molar-refractivity contribution in [3.8, 4) is 5.75 Å². The second kappa shape index (κ2) is 7.27. The van der Waals surface area contributed by atoms with E-state index >= 15 is 0 Å². The van der Waals surface area contributed by atoms with Gasteiger partial charge >= 0.3 is 0 Å². The molecule has 0 bridgehead atoms. The van der Waals surface area contributed by atoms with Crippen LogP contribution in [0.15, 0.2) is 36.5 Å². The molecule has 2 aromatic rings. The topological polar surface area (TPSA) is 47.3 Å². The van der Waals surface area contributed by atoms with Crippen molar-refractivity contribution in [2.75, 3.05) is 13.7 Å². The van der Waals surface area contributed by atoms with Gasteiger partial charge in [0.2, 0.25) is 0 Å². The Balaban J connectivity index is 1.98. The summed E-state index contributed by atoms with van der Waals surface area (Å²) in [7, 11) is 1.66. The highest BCUT2D eigenvalue weighted by Gasteiger charge is 2.12. The van der Waals surface area contributed by atoms with Crippen LogP contribution in [-0.2, 0) is 12.8 Å². The van der Waals surface area contributed by atoms with E-state index in [1.54, 1.807) is 7.11 Å². The number of aliphatic hydroxyl groups excluding tert-OH is 1. The van der Waals surface area contributed by atoms with Crippen LogP contribution in [0.3, 0.4) is 0 Å². The maximum absolute atomic E-state index is 9.61. The number of hydrogen-bond donors (Lipinski definition) is 1. The monoisotopic (exact) mass is 288 g/mol. The number of benzene rings is 1. The van der Waals surface area contributed by atoms with Crippen LogP contribution < -0.4 is 4.74 Å². The first kappa shape index (κ1) is 15.6. The Kier molecular flexibility index (Phi) is 5.39. The van der Waals surface area contributed by atoms with Gasteiger partial charge in [-0.05, 0) is 56.4 Å². The Bertz CT molecular complexity index is 546. The normalized spacial score (nSPS) is 12.6. The molecule has 21 heavy (non-hydrogen) atoms. The van der Waals surface area contributed by atoms with Crippen LogP contribution in [0.5, 0.6) is 5.75 Å². The third-order valence-corrected chi connectivity index (χ3v) is 3.63. The van der Waals surface area contributed by atoms with Crippen molar-refractivity contribution in [1.29, 1.82) is 0 Å². The summed E-state index contributed by atoms with van der Waals surface area (Å²) in [5, 5.41) is 14.2. The van der Waals surface area contributed by atoms with E-state index in [1.807, 2.05) is 41.2 Å². The number of nitrogens with zero attached hydrogens (tertiary/aromatic N) is 2. The molecule has 0 saturated carbocycles. The largest absolute Gasteiger partial charge is 0.497 e. The van der Waals surface area contributed by atoms with E-state index in [4.69, 9.17) is 4.74 Å². The van der Waals surface area contributed by atoms with Gasteiger partial charge in [0.05, 0.1) is 12.8 Å². The number of methoxy groups -OCH3 is 1. The molecule has 1 unspecified atom stereocenters. The smallest absolute Gasteiger partial charge is 0.118 e. The average Bonchev–Trinajstić information content (AvgIpc) is 2.96. The molecule has 1 heterocycles. The lowest BCUT2D eigenvalue weighted by atomic mass is 9.95. The van der Waals surface area contributed by atoms with E-state index in [0.717, 1.165) is 24.3 Å². The van der Waals surface area contributed by atoms with Gasteiger partial charge in [-0.15, -0.1) is 0 Å². The van der Waals surface area contributed by atoms with Gasteiger partial charge in [0.15, 0.2) is 0 Å². The quantitative estimate of drug-likeness (QED) is 0.852. The van der Waals surface area contributed by atoms with E-state index in [2.05, 4.69) is 18.9 Å². The van der Waals surface area contributed by atoms with Crippen LogP contribution in [0.25, 0.3) is 0 Å². The summed E-state index contributed by atoms with van der Waals surface area (Å²) in [5.74, 6) is 1.05. The SMILES string of the molecule is COc1ccc(CC(CO)Cc2ccn(C(C)C)n2)cc1. The molecule has 1 aromatic heterocycles. The van der Waals surface area contributed by atoms with Crippen LogP contribution in [0, 0.1) is 5.92 Å². The van der Waals surface area contributed by atoms with Crippen molar-refractivity contribution >= 4 is 0 Å². The third-order valence-electron chi connectivity index (χ3n) is 3.63. The number of aromatic nitrogens is 2. The molecular weight excluding hydrogens is 264 g/mol. The molecule has 114 valence electrons. The molecule has 0 spiro atoms. The zero-order valence-electron chi connectivity index (χ0n) is 13.0. The average molecular weight is 288 g/mol. The lowest BCUT2D eigenvalue weighted by Gasteiger charge is -2.13. The van der Waals surface area contributed by atoms with Gasteiger partial charge in [-0.1, -0.05) is 12.1 Å². The minimum absolute atomic E-state index is 0.167. The number of ether oxygens (including phenoxy) is 1. The van der Waals surface area contributed by atoms with Gasteiger partial charge in [-0.3, -0.25) is 4.68 Å². The van der Waals surface area contributed by atoms with Crippen LogP contribution in [0.2, 0.25) is 0 Å². The summed E-state index contributed by atoms with van der Waals surface area (Å²) in [4.78, 5) is 0. The van der Waals surface area contributed by atoms with Gasteiger partial charge in [0, 0.05) is 18.8 Å². The Morgan fingerprint density at radius 1 is 1.14 bits per heavy atom. The van der Waals surface area contributed by atoms with Crippen molar-refractivity contribution in [1.82, 2.24) is 9.78 Å². The zero-order valence-corrected chi connectivity index (χ0v) is 13.0. The molecule has 0 saturated heterocycles. The fourth-order valence-electron chi connectivity index (χ4n) is 2.37. The van der Waals surface area contributed by atoms with Gasteiger partial charge < -0.3 is 9.84 Å². The summed E-state index contributed by atoms with van der Waals surface area (Å²) >= 11 is 0. The summed E-state index contributed by atoms with van der Waals surface area (Å²) < 4.78 is 7.11. The van der Waals surface area contributed by atoms with E-state index in [0.29, 0.717) is 6.04 Å². The second-order valence-electron chi connectivity index (χ2n) is 5.69. The molecular formula is C17H24N2O2. The third kappa shape index (κ3) is 4.33. The predicted octanol–water partition coefficient (Wildman–Crippen LogP) is 2.87. The van der Waals surface area contributed by atoms with Crippen LogP contribution >= 0.6 is 0 Å². The summed E-state index contributed by atoms with van der Waals surface area (Å²) in [6.07, 6.45) is 3.64. The van der Waals surface area contributed by atoms with Crippen molar-refractivity contribution < 1.29 is 9.84 Å². The summed E-state index contributed by atoms with van der Waals surface area (Å²) in [5.41, 5.74) is 2.24. The molecule has 1 N–H and O–H groups in total. The van der Waals surface area contributed by atoms with Crippen molar-refractivity contribution in [2.45, 2.75) is 32.7 Å². The van der Waals surface area contributed by atoms with E-state index < -0.39 is 0 Å². The van der Waals surface area contributed by atoms with E-state index in [1.165, 1.54) is 5.56 Å². The Morgan fingerprint density at radius 2 is 1.86 bits per heavy atom. The van der Waals surface area contributed by atoms with Crippen molar-refractivity contribution in [2.24, 2.45) is 5.92 Å². The highest BCUT2D eigenvalue weighted by molar-refractivity contribution is 5.27. The highest BCUT2D eigenvalue weighted by Crippen LogP contribution is 2.17. The molecule has 0 amide bonds. The lowest BCUT2D eigenvalue weighted by Crippen LogP contribution is -2.14. The highest BCUT2D eigenvalue weighted by atomic mass is 16.5. The van der Waals surface area contributed by atoms with Crippen LogP contribution in [0.1, 0.15) is 31.1 Å². The number of aliphatic hydroxyl groups is 1. The Morgan fingerprint density at radius 3 is 2.38 bits per heavy atom. The van der Waals surface area contributed by atoms with Crippen molar-refractivity contribution in [3.63, 3.8) is 0 Å². The fraction of sp³-hybridized carbons (Fsp3) is 0.471. The van der Waals surface area contributed by atoms with Crippen LogP contribution in [-0.4, -0.2) is 28.6 Å². The van der Waals surface area contributed by atoms with Gasteiger partial charge in [0.25, 0.3) is 0 Å². The standard InChI is InChI=1S/C17H24N2O2/c1-13(2)19-9-8-16(18-19)11-15(12-20)10-14-4-6-17(21-3)7-5-14/h4-9,13,15,20H,10-12H2,1-3H3. The first-order chi connectivity index (χ1) is 10.1. The second-order valence-corrected chi connectivity index (χ2v) is 5.69. The molecule has 4 heteroatoms. The summed E-state index contributed by atoms with van der Waals surface area (Å²) in [6, 6.07) is 10.4. The molecule has 0 radical (unpaired) electrons. The zero-order chi connectivity index (χ0) is 15.2. The molecule has 0 fully saturated rings. The number of hydrogen-bond acceptors (Lipinski definition) is 3. The Hall–Kier alpha value is -1.81. The predicted molar refractivity (Wildman–Crippen MR) is 83.6 cm³/mol. The van der Waals surface area contributed by atoms with Gasteiger partial charge in [0.1, 0.15) is 5.75 Å². The van der Waals surface area contributed by atoms with Gasteiger partial charge in [-0.2, -0.15) is 5.10 Å². The molecule has 1 atom stereocenters. The summed E-state index contributed by atoms with van der Waals surface area (Å²) in [6.45, 7) is 4.38.